The molecule has 0 bridgehead atoms. The van der Waals surface area contributed by atoms with Gasteiger partial charge in [-0.15, -0.1) is 13.3 Å². The molecule has 0 aliphatic heterocycles. The quantitative estimate of drug-likeness (QED) is 0.0337. The van der Waals surface area contributed by atoms with Crippen molar-refractivity contribution in [1.82, 2.24) is 0 Å². The fraction of sp³-hybridized carbons (Fsp3) is 0. The molecule has 9 aromatic rings. The van der Waals surface area contributed by atoms with Crippen LogP contribution in [0.25, 0.3) is 33.4 Å². The lowest BCUT2D eigenvalue weighted by Gasteiger charge is -2.38. The Kier molecular flexibility index (Phi) is 16.7. The molecule has 0 aliphatic rings. The SMILES string of the molecule is Fc1c(F)c(F)c(-c2c(F)c(F)c(F)c(F)[c]2[Al-]([F])([c]2c(F)c(F)c(F)c(F)c2-c2c(F)c(F)c(F)c(F)c2F)[c]2c(F)c(F)c(F)c(F)c2-c2c(F)c(F)c(F)c(F)c2F)c(F)c1F.c1ccc([C+](c2ccccc2)c2ccccc2)cc1. The molecule has 0 unspecified atom stereocenters. The molecule has 434 valence electrons. The maximum atomic E-state index is 19.3. The maximum absolute atomic E-state index is 19.3. The van der Waals surface area contributed by atoms with Crippen molar-refractivity contribution < 1.29 is 122 Å². The Balaban J connectivity index is 0.000000405. The van der Waals surface area contributed by atoms with Crippen LogP contribution in [0.4, 0.5) is 122 Å². The molecule has 0 aliphatic carbocycles. The molecule has 0 saturated heterocycles. The van der Waals surface area contributed by atoms with E-state index in [4.69, 9.17) is 0 Å². The minimum Gasteiger partial charge on any atom is -0.581 e. The Morgan fingerprint density at radius 2 is 0.321 bits per heavy atom. The molecule has 84 heavy (non-hydrogen) atoms. The summed E-state index contributed by atoms with van der Waals surface area (Å²) in [4.78, 5) is 0. The molecule has 0 N–H and O–H groups in total. The van der Waals surface area contributed by atoms with Crippen molar-refractivity contribution >= 4 is 26.8 Å². The summed E-state index contributed by atoms with van der Waals surface area (Å²) in [7, 11) is 0. The van der Waals surface area contributed by atoms with Gasteiger partial charge in [0.05, 0.1) is 39.3 Å². The van der Waals surface area contributed by atoms with E-state index in [2.05, 4.69) is 91.0 Å². The van der Waals surface area contributed by atoms with Crippen molar-refractivity contribution in [3.05, 3.63) is 271 Å². The topological polar surface area (TPSA) is 0 Å². The summed E-state index contributed by atoms with van der Waals surface area (Å²) in [6.45, 7) is 0. The highest BCUT2D eigenvalue weighted by Crippen LogP contribution is 2.43. The van der Waals surface area contributed by atoms with Gasteiger partial charge < -0.3 is 3.52 Å². The second-order valence-corrected chi connectivity index (χ2v) is 20.5. The standard InChI is InChI=1S/C19H15.3C12F9.Al.FH/c1-4-10-16(11-5-1)19(17-12-6-2-7-13-17)18-14-8-3-9-15-18;3*13-3-1-2(5(14)9(18)6(3)15)4-7(16)10(19)12(21)11(20)8(4)17;;/h1-15H;;;;;1H/q+1;;;;;/p-1. The fourth-order valence-electron chi connectivity index (χ4n) is 9.02. The van der Waals surface area contributed by atoms with Crippen LogP contribution in [0, 0.1) is 163 Å². The van der Waals surface area contributed by atoms with Crippen LogP contribution in [0.1, 0.15) is 16.7 Å². The van der Waals surface area contributed by atoms with E-state index in [0.29, 0.717) is 0 Å². The molecule has 0 radical (unpaired) electrons. The summed E-state index contributed by atoms with van der Waals surface area (Å²) >= 11 is -10.3. The molecular weight excluding hydrogens is 1220 g/mol. The summed E-state index contributed by atoms with van der Waals surface area (Å²) in [6.07, 6.45) is 0. The van der Waals surface area contributed by atoms with Crippen LogP contribution in [-0.4, -0.2) is 13.5 Å². The third-order valence-corrected chi connectivity index (χ3v) is 16.7. The van der Waals surface area contributed by atoms with Gasteiger partial charge in [-0.2, -0.15) is 0 Å². The first-order valence-electron chi connectivity index (χ1n) is 22.4. The number of benzene rings is 9. The van der Waals surface area contributed by atoms with Crippen LogP contribution in [0.15, 0.2) is 91.0 Å². The van der Waals surface area contributed by atoms with Gasteiger partial charge in [-0.1, -0.05) is 18.2 Å². The van der Waals surface area contributed by atoms with E-state index in [-0.39, 0.29) is 0 Å². The van der Waals surface area contributed by atoms with Crippen molar-refractivity contribution in [2.45, 2.75) is 0 Å². The number of hydrogen-bond acceptors (Lipinski definition) is 0. The fourth-order valence-corrected chi connectivity index (χ4v) is 13.3. The molecule has 9 aromatic carbocycles. The predicted octanol–water partition coefficient (Wildman–Crippen LogP) is 16.1. The lowest BCUT2D eigenvalue weighted by atomic mass is 9.85. The lowest BCUT2D eigenvalue weighted by molar-refractivity contribution is 0.379. The molecule has 0 fully saturated rings. The van der Waals surface area contributed by atoms with E-state index >= 15 is 82.6 Å². The van der Waals surface area contributed by atoms with Gasteiger partial charge in [0.1, 0.15) is 17.5 Å². The van der Waals surface area contributed by atoms with Gasteiger partial charge in [-0.3, -0.25) is 0 Å². The zero-order valence-electron chi connectivity index (χ0n) is 39.8. The molecule has 29 heteroatoms. The first-order chi connectivity index (χ1) is 39.4. The van der Waals surface area contributed by atoms with Crippen LogP contribution in [0.2, 0.25) is 0 Å². The summed E-state index contributed by atoms with van der Waals surface area (Å²) < 4.78 is 418. The van der Waals surface area contributed by atoms with E-state index in [0.717, 1.165) is 0 Å². The molecule has 0 amide bonds. The Morgan fingerprint density at radius 3 is 0.500 bits per heavy atom. The molecule has 9 rings (SSSR count). The Bertz CT molecular complexity index is 3670. The third kappa shape index (κ3) is 9.49. The van der Waals surface area contributed by atoms with E-state index in [1.54, 1.807) is 0 Å². The van der Waals surface area contributed by atoms with Crippen molar-refractivity contribution in [3.63, 3.8) is 0 Å². The maximum Gasteiger partial charge on any atom is 0.449 e. The van der Waals surface area contributed by atoms with Crippen LogP contribution >= 0.6 is 0 Å². The van der Waals surface area contributed by atoms with Crippen molar-refractivity contribution in [2.24, 2.45) is 0 Å². The summed E-state index contributed by atoms with van der Waals surface area (Å²) in [5.74, 6) is -100. The lowest BCUT2D eigenvalue weighted by Crippen LogP contribution is -2.69. The van der Waals surface area contributed by atoms with Crippen molar-refractivity contribution in [1.29, 1.82) is 0 Å². The molecule has 0 aromatic heterocycles. The first-order valence-corrected chi connectivity index (χ1v) is 24.6. The average molecular weight is 1230 g/mol. The number of halogens is 28. The van der Waals surface area contributed by atoms with Gasteiger partial charge in [0, 0.05) is 0 Å². The summed E-state index contributed by atoms with van der Waals surface area (Å²) in [5, 5.41) is 0. The van der Waals surface area contributed by atoms with Gasteiger partial charge in [0.2, 0.25) is 17.5 Å². The van der Waals surface area contributed by atoms with Crippen LogP contribution in [0.5, 0.6) is 0 Å². The second kappa shape index (κ2) is 22.9. The molecule has 0 heterocycles. The van der Waals surface area contributed by atoms with E-state index in [1.807, 2.05) is 0 Å². The molecule has 0 nitrogen and oxygen atoms in total. The molecule has 0 saturated carbocycles. The largest absolute Gasteiger partial charge is 0.581 e. The predicted molar refractivity (Wildman–Crippen MR) is 240 cm³/mol. The van der Waals surface area contributed by atoms with Crippen molar-refractivity contribution in [2.75, 3.05) is 0 Å². The van der Waals surface area contributed by atoms with Crippen molar-refractivity contribution in [3.8, 4) is 33.4 Å². The Labute approximate surface area is 451 Å². The van der Waals surface area contributed by atoms with E-state index in [9.17, 15) is 39.5 Å². The van der Waals surface area contributed by atoms with Gasteiger partial charge >= 0.3 is 13.5 Å². The zero-order chi connectivity index (χ0) is 62.2. The first kappa shape index (κ1) is 61.5. The van der Waals surface area contributed by atoms with Crippen LogP contribution in [0.3, 0.4) is 0 Å². The second-order valence-electron chi connectivity index (χ2n) is 17.2. The van der Waals surface area contributed by atoms with Gasteiger partial charge in [-0.05, 0) is 89.5 Å². The minimum absolute atomic E-state index is 1.25. The average Bonchev–Trinajstić information content (AvgIpc) is 2.06. The summed E-state index contributed by atoms with van der Waals surface area (Å²) in [5.41, 5.74) is -18.0. The van der Waals surface area contributed by atoms with Gasteiger partial charge in [-0.25, -0.2) is 119 Å². The van der Waals surface area contributed by atoms with Gasteiger partial charge in [0.25, 0.3) is 0 Å². The Hall–Kier alpha value is -8.58. The molecule has 0 atom stereocenters. The highest BCUT2D eigenvalue weighted by atomic mass is 27.3. The highest BCUT2D eigenvalue weighted by Gasteiger charge is 2.55. The van der Waals surface area contributed by atoms with E-state index in [1.165, 1.54) is 22.6 Å². The zero-order valence-corrected chi connectivity index (χ0v) is 41.0. The van der Waals surface area contributed by atoms with Crippen LogP contribution in [-0.2, 0) is 0 Å². The Morgan fingerprint density at radius 1 is 0.179 bits per heavy atom. The van der Waals surface area contributed by atoms with Gasteiger partial charge in [0.15, 0.2) is 122 Å². The minimum atomic E-state index is -10.3. The number of hydrogen-bond donors (Lipinski definition) is 0. The van der Waals surface area contributed by atoms with Crippen LogP contribution < -0.4 is 13.3 Å². The molecular formula is C55H15AlF28. The number of rotatable bonds is 9. The highest BCUT2D eigenvalue weighted by molar-refractivity contribution is 7.08. The third-order valence-electron chi connectivity index (χ3n) is 12.7. The van der Waals surface area contributed by atoms with E-state index < -0.39 is 217 Å². The monoisotopic (exact) mass is 1230 g/mol. The summed E-state index contributed by atoms with van der Waals surface area (Å²) in [6, 6.07) is 31.6. The smallest absolute Gasteiger partial charge is 0.449 e. The molecule has 0 spiro atoms. The normalized spacial score (nSPS) is 11.6.